The number of hydrogen-bond acceptors (Lipinski definition) is 7. The van der Waals surface area contributed by atoms with Crippen molar-refractivity contribution >= 4 is 23.2 Å². The quantitative estimate of drug-likeness (QED) is 0.410. The molecule has 0 aliphatic carbocycles. The van der Waals surface area contributed by atoms with E-state index >= 15 is 0 Å². The van der Waals surface area contributed by atoms with E-state index in [1.54, 1.807) is 6.07 Å². The van der Waals surface area contributed by atoms with Crippen molar-refractivity contribution in [3.63, 3.8) is 0 Å². The maximum absolute atomic E-state index is 12.9. The Balaban J connectivity index is 1.23. The Bertz CT molecular complexity index is 1290. The lowest BCUT2D eigenvalue weighted by atomic mass is 9.86. The van der Waals surface area contributed by atoms with E-state index in [0.717, 1.165) is 32.5 Å². The average Bonchev–Trinajstić information content (AvgIpc) is 2.85. The number of rotatable bonds is 6. The minimum absolute atomic E-state index is 0.0103. The van der Waals surface area contributed by atoms with E-state index in [4.69, 9.17) is 0 Å². The molecular weight excluding hydrogens is 466 g/mol. The molecule has 9 heteroatoms. The molecule has 2 aromatic heterocycles. The molecule has 0 spiro atoms. The number of nitrogens with zero attached hydrogens (tertiary/aromatic N) is 3. The van der Waals surface area contributed by atoms with Gasteiger partial charge in [0.1, 0.15) is 11.5 Å². The molecule has 4 heterocycles. The summed E-state index contributed by atoms with van der Waals surface area (Å²) in [5, 5.41) is 16.4. The molecule has 1 atom stereocenters. The van der Waals surface area contributed by atoms with Crippen LogP contribution in [-0.4, -0.2) is 53.3 Å². The molecule has 1 amide bonds. The minimum Gasteiger partial charge on any atom is -0.353 e. The van der Waals surface area contributed by atoms with Gasteiger partial charge in [-0.2, -0.15) is 5.10 Å². The van der Waals surface area contributed by atoms with E-state index in [2.05, 4.69) is 56.8 Å². The van der Waals surface area contributed by atoms with Gasteiger partial charge in [0, 0.05) is 56.0 Å². The highest BCUT2D eigenvalue weighted by Gasteiger charge is 2.24. The summed E-state index contributed by atoms with van der Waals surface area (Å²) in [6.45, 7) is 9.84. The number of amides is 1. The van der Waals surface area contributed by atoms with Crippen LogP contribution >= 0.6 is 0 Å². The molecule has 194 valence electrons. The highest BCUT2D eigenvalue weighted by atomic mass is 16.1. The maximum Gasteiger partial charge on any atom is 0.288 e. The van der Waals surface area contributed by atoms with Crippen LogP contribution in [0.2, 0.25) is 0 Å². The Morgan fingerprint density at radius 3 is 2.54 bits per heavy atom. The van der Waals surface area contributed by atoms with E-state index in [1.807, 2.05) is 42.6 Å². The lowest BCUT2D eigenvalue weighted by Crippen LogP contribution is -2.48. The summed E-state index contributed by atoms with van der Waals surface area (Å²) in [7, 11) is 0. The molecule has 37 heavy (non-hydrogen) atoms. The Morgan fingerprint density at radius 1 is 1.11 bits per heavy atom. The van der Waals surface area contributed by atoms with Crippen molar-refractivity contribution in [2.24, 2.45) is 0 Å². The first kappa shape index (κ1) is 25.0. The third-order valence-corrected chi connectivity index (χ3v) is 7.19. The molecule has 3 aromatic rings. The fourth-order valence-corrected chi connectivity index (χ4v) is 4.73. The van der Waals surface area contributed by atoms with Crippen molar-refractivity contribution < 1.29 is 4.79 Å². The van der Waals surface area contributed by atoms with Crippen LogP contribution in [0.15, 0.2) is 53.5 Å². The number of carbonyl (C=O) groups excluding carboxylic acids is 1. The number of carbonyl (C=O) groups is 1. The summed E-state index contributed by atoms with van der Waals surface area (Å²) in [4.78, 5) is 31.9. The normalized spacial score (nSPS) is 18.2. The van der Waals surface area contributed by atoms with Crippen LogP contribution in [0.3, 0.4) is 0 Å². The van der Waals surface area contributed by atoms with Gasteiger partial charge in [0.2, 0.25) is 0 Å². The van der Waals surface area contributed by atoms with E-state index in [1.165, 1.54) is 11.1 Å². The molecule has 2 fully saturated rings. The van der Waals surface area contributed by atoms with Crippen LogP contribution in [0.5, 0.6) is 0 Å². The Kier molecular flexibility index (Phi) is 6.97. The monoisotopic (exact) mass is 501 g/mol. The zero-order chi connectivity index (χ0) is 26.0. The summed E-state index contributed by atoms with van der Waals surface area (Å²) < 4.78 is 0. The number of benzene rings is 1. The van der Waals surface area contributed by atoms with Gasteiger partial charge in [-0.25, -0.2) is 10.1 Å². The van der Waals surface area contributed by atoms with Crippen molar-refractivity contribution in [1.29, 1.82) is 0 Å². The Morgan fingerprint density at radius 2 is 1.89 bits per heavy atom. The van der Waals surface area contributed by atoms with Gasteiger partial charge in [-0.1, -0.05) is 39.0 Å². The number of aromatic nitrogens is 3. The predicted octanol–water partition coefficient (Wildman–Crippen LogP) is 3.29. The SMILES string of the molecule is CC(C)(C)c1ccc(C(=O)NC2CCCN(c3cc(Nc4ccc(C5CNC5)cn4)c(=O)[nH]n3)C2)cc1. The first-order valence-electron chi connectivity index (χ1n) is 13.0. The fraction of sp³-hybridized carbons (Fsp3) is 0.429. The fourth-order valence-electron chi connectivity index (χ4n) is 4.73. The lowest BCUT2D eigenvalue weighted by Gasteiger charge is -2.34. The zero-order valence-electron chi connectivity index (χ0n) is 21.7. The average molecular weight is 502 g/mol. The minimum atomic E-state index is -0.307. The molecule has 1 aromatic carbocycles. The molecule has 1 unspecified atom stereocenters. The highest BCUT2D eigenvalue weighted by molar-refractivity contribution is 5.94. The number of anilines is 3. The molecule has 0 saturated carbocycles. The van der Waals surface area contributed by atoms with E-state index < -0.39 is 0 Å². The van der Waals surface area contributed by atoms with E-state index in [9.17, 15) is 9.59 Å². The largest absolute Gasteiger partial charge is 0.353 e. The Hall–Kier alpha value is -3.72. The third kappa shape index (κ3) is 5.83. The summed E-state index contributed by atoms with van der Waals surface area (Å²) in [5.41, 5.74) is 3.18. The first-order chi connectivity index (χ1) is 17.8. The molecule has 0 bridgehead atoms. The standard InChI is InChI=1S/C28H35N7O2/c1-28(2,3)21-9-6-18(7-10-21)26(36)31-22-5-4-12-35(17-22)25-13-23(27(37)34-33-25)32-24-11-8-19(16-30-24)20-14-29-15-20/h6-11,13,16,20,22,29H,4-5,12,14-15,17H2,1-3H3,(H,31,36)(H,34,37)(H,30,32,33). The zero-order valence-corrected chi connectivity index (χ0v) is 21.7. The number of hydrogen-bond donors (Lipinski definition) is 4. The van der Waals surface area contributed by atoms with Gasteiger partial charge in [-0.3, -0.25) is 9.59 Å². The van der Waals surface area contributed by atoms with Gasteiger partial charge in [0.15, 0.2) is 5.82 Å². The Labute approximate surface area is 217 Å². The lowest BCUT2D eigenvalue weighted by molar-refractivity contribution is 0.0933. The predicted molar refractivity (Wildman–Crippen MR) is 146 cm³/mol. The van der Waals surface area contributed by atoms with Gasteiger partial charge in [0.25, 0.3) is 11.5 Å². The molecule has 2 saturated heterocycles. The maximum atomic E-state index is 12.9. The summed E-state index contributed by atoms with van der Waals surface area (Å²) in [6, 6.07) is 13.5. The van der Waals surface area contributed by atoms with Gasteiger partial charge in [-0.15, -0.1) is 0 Å². The van der Waals surface area contributed by atoms with Crippen molar-refractivity contribution in [2.45, 2.75) is 51.0 Å². The summed E-state index contributed by atoms with van der Waals surface area (Å²) in [6.07, 6.45) is 3.67. The van der Waals surface area contributed by atoms with Crippen molar-refractivity contribution in [1.82, 2.24) is 25.8 Å². The summed E-state index contributed by atoms with van der Waals surface area (Å²) in [5.74, 6) is 1.71. The van der Waals surface area contributed by atoms with Crippen molar-refractivity contribution in [3.8, 4) is 0 Å². The smallest absolute Gasteiger partial charge is 0.288 e. The molecule has 4 N–H and O–H groups in total. The molecular formula is C28H35N7O2. The van der Waals surface area contributed by atoms with E-state index in [-0.39, 0.29) is 22.9 Å². The van der Waals surface area contributed by atoms with Crippen LogP contribution in [0.4, 0.5) is 17.3 Å². The number of nitrogens with one attached hydrogen (secondary N) is 4. The van der Waals surface area contributed by atoms with Gasteiger partial charge in [0.05, 0.1) is 0 Å². The number of piperidine rings is 1. The number of aromatic amines is 1. The number of H-pyrrole nitrogens is 1. The summed E-state index contributed by atoms with van der Waals surface area (Å²) >= 11 is 0. The van der Waals surface area contributed by atoms with Gasteiger partial charge >= 0.3 is 0 Å². The second kappa shape index (κ2) is 10.3. The van der Waals surface area contributed by atoms with E-state index in [0.29, 0.717) is 35.3 Å². The molecule has 9 nitrogen and oxygen atoms in total. The molecule has 5 rings (SSSR count). The molecule has 0 radical (unpaired) electrons. The topological polar surface area (TPSA) is 115 Å². The van der Waals surface area contributed by atoms with Gasteiger partial charge < -0.3 is 20.9 Å². The van der Waals surface area contributed by atoms with Crippen LogP contribution in [0.1, 0.15) is 61.0 Å². The first-order valence-corrected chi connectivity index (χ1v) is 13.0. The van der Waals surface area contributed by atoms with Crippen LogP contribution in [0.25, 0.3) is 0 Å². The van der Waals surface area contributed by atoms with Crippen molar-refractivity contribution in [2.75, 3.05) is 36.4 Å². The molecule has 2 aliphatic heterocycles. The van der Waals surface area contributed by atoms with Crippen LogP contribution < -0.4 is 26.4 Å². The van der Waals surface area contributed by atoms with Crippen LogP contribution in [0, 0.1) is 0 Å². The number of pyridine rings is 1. The third-order valence-electron chi connectivity index (χ3n) is 7.19. The second-order valence-electron chi connectivity index (χ2n) is 11.0. The second-order valence-corrected chi connectivity index (χ2v) is 11.0. The molecule has 2 aliphatic rings. The van der Waals surface area contributed by atoms with Crippen molar-refractivity contribution in [3.05, 3.63) is 75.7 Å². The highest BCUT2D eigenvalue weighted by Crippen LogP contribution is 2.24. The van der Waals surface area contributed by atoms with Crippen LogP contribution in [-0.2, 0) is 5.41 Å². The van der Waals surface area contributed by atoms with Gasteiger partial charge in [-0.05, 0) is 47.6 Å².